The van der Waals surface area contributed by atoms with Crippen molar-refractivity contribution in [3.8, 4) is 28.8 Å². The summed E-state index contributed by atoms with van der Waals surface area (Å²) in [4.78, 5) is 12.7. The van der Waals surface area contributed by atoms with E-state index in [4.69, 9.17) is 14.2 Å². The van der Waals surface area contributed by atoms with Crippen molar-refractivity contribution in [3.05, 3.63) is 84.1 Å². The summed E-state index contributed by atoms with van der Waals surface area (Å²) in [5, 5.41) is 17.6. The molecule has 46 heavy (non-hydrogen) atoms. The first-order valence-electron chi connectivity index (χ1n) is 15.2. The van der Waals surface area contributed by atoms with Crippen LogP contribution in [0.25, 0.3) is 27.2 Å². The van der Waals surface area contributed by atoms with Crippen LogP contribution in [0.5, 0.6) is 23.1 Å². The average molecular weight is 644 g/mol. The highest BCUT2D eigenvalue weighted by Crippen LogP contribution is 2.48. The Morgan fingerprint density at radius 2 is 1.59 bits per heavy atom. The average Bonchev–Trinajstić information content (AvgIpc) is 3.69. The molecule has 0 radical (unpaired) electrons. The van der Waals surface area contributed by atoms with E-state index in [0.29, 0.717) is 49.4 Å². The number of methoxy groups -OCH3 is 1. The van der Waals surface area contributed by atoms with Crippen LogP contribution in [0.2, 0.25) is 0 Å². The number of fused-ring (bicyclic) bond motifs is 2. The molecule has 0 saturated heterocycles. The van der Waals surface area contributed by atoms with Gasteiger partial charge in [-0.1, -0.05) is 48.5 Å². The Kier molecular flexibility index (Phi) is 8.20. The summed E-state index contributed by atoms with van der Waals surface area (Å²) in [6.07, 6.45) is 3.83. The topological polar surface area (TPSA) is 128 Å². The molecule has 1 heterocycles. The van der Waals surface area contributed by atoms with Crippen molar-refractivity contribution in [2.24, 2.45) is 0 Å². The van der Waals surface area contributed by atoms with Crippen molar-refractivity contribution in [1.29, 1.82) is 0 Å². The smallest absolute Gasteiger partial charge is 0.329 e. The Labute approximate surface area is 267 Å². The fraction of sp³-hybridized carbons (Fsp3) is 0.286. The minimum atomic E-state index is -4.14. The summed E-state index contributed by atoms with van der Waals surface area (Å²) in [5.74, 6) is 1.49. The molecule has 5 aromatic rings. The fourth-order valence-corrected chi connectivity index (χ4v) is 7.18. The van der Waals surface area contributed by atoms with Crippen LogP contribution in [0.3, 0.4) is 0 Å². The molecule has 1 fully saturated rings. The van der Waals surface area contributed by atoms with Gasteiger partial charge in [-0.3, -0.25) is 4.57 Å². The first-order chi connectivity index (χ1) is 22.1. The molecule has 10 nitrogen and oxygen atoms in total. The van der Waals surface area contributed by atoms with Crippen molar-refractivity contribution in [2.45, 2.75) is 50.5 Å². The van der Waals surface area contributed by atoms with Gasteiger partial charge in [0.1, 0.15) is 22.1 Å². The molecule has 11 heteroatoms. The Hall–Kier alpha value is -4.90. The molecule has 0 bridgehead atoms. The van der Waals surface area contributed by atoms with Gasteiger partial charge in [0.15, 0.2) is 0 Å². The zero-order valence-corrected chi connectivity index (χ0v) is 27.0. The number of amides is 2. The standard InChI is InChI=1S/C35H37N3O7S/c1-5-44-31-24-11-7-8-12-25(24)32(45-6-2)30-26(31)21-38(33(30)39)27-16-15-23(19-22(27)3)20-35(17-18-35)36-34(40)37-46(41,42)29-14-10-9-13-28(29)43-4/h7-16,19,21,39H,5-6,17-18,20H2,1-4H3,(H2,36,37,40). The maximum atomic E-state index is 12.9. The number of nitrogens with one attached hydrogen (secondary N) is 2. The van der Waals surface area contributed by atoms with Gasteiger partial charge in [-0.05, 0) is 69.4 Å². The number of aromatic nitrogens is 1. The molecule has 3 N–H and O–H groups in total. The van der Waals surface area contributed by atoms with Gasteiger partial charge in [0.2, 0.25) is 5.88 Å². The number of rotatable bonds is 11. The predicted octanol–water partition coefficient (Wildman–Crippen LogP) is 6.37. The van der Waals surface area contributed by atoms with Crippen LogP contribution in [0.1, 0.15) is 37.8 Å². The summed E-state index contributed by atoms with van der Waals surface area (Å²) in [5.41, 5.74) is 2.10. The van der Waals surface area contributed by atoms with Gasteiger partial charge in [0.05, 0.1) is 36.8 Å². The molecule has 0 atom stereocenters. The molecule has 6 rings (SSSR count). The first-order valence-corrected chi connectivity index (χ1v) is 16.7. The number of aryl methyl sites for hydroxylation is 1. The summed E-state index contributed by atoms with van der Waals surface area (Å²) in [6, 6.07) is 19.1. The van der Waals surface area contributed by atoms with E-state index < -0.39 is 21.6 Å². The second-order valence-corrected chi connectivity index (χ2v) is 13.1. The predicted molar refractivity (Wildman–Crippen MR) is 177 cm³/mol. The molecule has 0 aliphatic heterocycles. The van der Waals surface area contributed by atoms with E-state index in [1.54, 1.807) is 16.7 Å². The third-order valence-electron chi connectivity index (χ3n) is 8.33. The molecule has 0 unspecified atom stereocenters. The zero-order valence-electron chi connectivity index (χ0n) is 26.2. The quantitative estimate of drug-likeness (QED) is 0.153. The van der Waals surface area contributed by atoms with Gasteiger partial charge in [-0.2, -0.15) is 0 Å². The van der Waals surface area contributed by atoms with E-state index in [1.807, 2.05) is 69.4 Å². The second-order valence-electron chi connectivity index (χ2n) is 11.5. The lowest BCUT2D eigenvalue weighted by atomic mass is 10.0. The van der Waals surface area contributed by atoms with Crippen LogP contribution in [-0.4, -0.2) is 50.0 Å². The Bertz CT molecular complexity index is 2070. The Morgan fingerprint density at radius 3 is 2.24 bits per heavy atom. The van der Waals surface area contributed by atoms with Crippen molar-refractivity contribution < 1.29 is 32.5 Å². The van der Waals surface area contributed by atoms with Crippen LogP contribution in [0, 0.1) is 6.92 Å². The van der Waals surface area contributed by atoms with Crippen LogP contribution >= 0.6 is 0 Å². The van der Waals surface area contributed by atoms with Gasteiger partial charge in [-0.25, -0.2) is 17.9 Å². The third kappa shape index (κ3) is 5.66. The number of carbonyl (C=O) groups excluding carboxylic acids is 1. The number of urea groups is 1. The van der Waals surface area contributed by atoms with E-state index >= 15 is 0 Å². The summed E-state index contributed by atoms with van der Waals surface area (Å²) >= 11 is 0. The minimum Gasteiger partial charge on any atom is -0.495 e. The van der Waals surface area contributed by atoms with Gasteiger partial charge < -0.3 is 24.6 Å². The van der Waals surface area contributed by atoms with Gasteiger partial charge in [0.25, 0.3) is 10.0 Å². The lowest BCUT2D eigenvalue weighted by Gasteiger charge is -2.19. The monoisotopic (exact) mass is 643 g/mol. The molecule has 1 saturated carbocycles. The zero-order chi connectivity index (χ0) is 32.6. The Morgan fingerprint density at radius 1 is 0.935 bits per heavy atom. The van der Waals surface area contributed by atoms with Crippen LogP contribution in [0.15, 0.2) is 77.8 Å². The molecular weight excluding hydrogens is 606 g/mol. The Balaban J connectivity index is 1.27. The summed E-state index contributed by atoms with van der Waals surface area (Å²) < 4.78 is 47.0. The van der Waals surface area contributed by atoms with E-state index in [2.05, 4.69) is 10.0 Å². The highest BCUT2D eigenvalue weighted by molar-refractivity contribution is 7.90. The van der Waals surface area contributed by atoms with Crippen LogP contribution in [-0.2, 0) is 16.4 Å². The summed E-state index contributed by atoms with van der Waals surface area (Å²) in [7, 11) is -2.76. The normalized spacial score (nSPS) is 13.8. The molecule has 1 aliphatic carbocycles. The molecule has 240 valence electrons. The molecule has 0 spiro atoms. The highest BCUT2D eigenvalue weighted by Gasteiger charge is 2.44. The molecule has 4 aromatic carbocycles. The molecule has 1 aromatic heterocycles. The van der Waals surface area contributed by atoms with Crippen molar-refractivity contribution in [2.75, 3.05) is 20.3 Å². The number of carbonyl (C=O) groups is 1. The number of nitrogens with zero attached hydrogens (tertiary/aromatic N) is 1. The number of sulfonamides is 1. The number of para-hydroxylation sites is 1. The molecule has 1 aliphatic rings. The lowest BCUT2D eigenvalue weighted by molar-refractivity contribution is 0.240. The maximum Gasteiger partial charge on any atom is 0.329 e. The van der Waals surface area contributed by atoms with Crippen LogP contribution < -0.4 is 24.2 Å². The first kappa shape index (κ1) is 31.1. The summed E-state index contributed by atoms with van der Waals surface area (Å²) in [6.45, 7) is 6.71. The number of benzene rings is 4. The van der Waals surface area contributed by atoms with E-state index in [0.717, 1.165) is 33.0 Å². The van der Waals surface area contributed by atoms with Gasteiger partial charge in [0, 0.05) is 22.5 Å². The molecular formula is C35H37N3O7S. The van der Waals surface area contributed by atoms with E-state index in [9.17, 15) is 18.3 Å². The lowest BCUT2D eigenvalue weighted by Crippen LogP contribution is -2.46. The third-order valence-corrected chi connectivity index (χ3v) is 9.70. The largest absolute Gasteiger partial charge is 0.495 e. The van der Waals surface area contributed by atoms with E-state index in [1.165, 1.54) is 19.2 Å². The van der Waals surface area contributed by atoms with Crippen molar-refractivity contribution >= 4 is 37.6 Å². The van der Waals surface area contributed by atoms with E-state index in [-0.39, 0.29) is 16.5 Å². The van der Waals surface area contributed by atoms with Gasteiger partial charge >= 0.3 is 6.03 Å². The second kappa shape index (κ2) is 12.1. The number of ether oxygens (including phenoxy) is 3. The molecule has 2 amide bonds. The minimum absolute atomic E-state index is 0.0502. The number of hydrogen-bond donors (Lipinski definition) is 3. The maximum absolute atomic E-state index is 12.9. The van der Waals surface area contributed by atoms with Crippen molar-refractivity contribution in [3.63, 3.8) is 0 Å². The highest BCUT2D eigenvalue weighted by atomic mass is 32.2. The van der Waals surface area contributed by atoms with Gasteiger partial charge in [-0.15, -0.1) is 0 Å². The van der Waals surface area contributed by atoms with Crippen molar-refractivity contribution in [1.82, 2.24) is 14.6 Å². The number of aromatic hydroxyl groups is 1. The SMILES string of the molecule is CCOc1c2ccccc2c(OCC)c2c(O)n(-c3ccc(CC4(NC(=O)NS(=O)(=O)c5ccccc5OC)CC4)cc3C)cc12. The fourth-order valence-electron chi connectivity index (χ4n) is 6.10. The van der Waals surface area contributed by atoms with Crippen LogP contribution in [0.4, 0.5) is 4.79 Å². The number of hydrogen-bond acceptors (Lipinski definition) is 7.